The number of carbonyl (C=O) groups is 2. The van der Waals surface area contributed by atoms with Crippen LogP contribution in [0.5, 0.6) is 5.75 Å². The topological polar surface area (TPSA) is 96.0 Å². The van der Waals surface area contributed by atoms with Gasteiger partial charge in [0.1, 0.15) is 24.2 Å². The Morgan fingerprint density at radius 2 is 1.52 bits per heavy atom. The number of hydrogen-bond donors (Lipinski definition) is 1. The van der Waals surface area contributed by atoms with Crippen molar-refractivity contribution < 1.29 is 27.1 Å². The highest BCUT2D eigenvalue weighted by molar-refractivity contribution is 7.92. The lowest BCUT2D eigenvalue weighted by molar-refractivity contribution is -0.141. The number of aryl methyl sites for hydroxylation is 1. The van der Waals surface area contributed by atoms with E-state index < -0.39 is 39.9 Å². The zero-order chi connectivity index (χ0) is 31.1. The summed E-state index contributed by atoms with van der Waals surface area (Å²) >= 11 is 0. The van der Waals surface area contributed by atoms with E-state index in [2.05, 4.69) is 5.32 Å². The van der Waals surface area contributed by atoms with Gasteiger partial charge in [-0.3, -0.25) is 13.9 Å². The molecule has 0 aliphatic carbocycles. The van der Waals surface area contributed by atoms with Crippen molar-refractivity contribution in [2.45, 2.75) is 71.0 Å². The molecule has 0 spiro atoms. The highest BCUT2D eigenvalue weighted by Gasteiger charge is 2.34. The lowest BCUT2D eigenvalue weighted by atomic mass is 10.1. The van der Waals surface area contributed by atoms with Gasteiger partial charge < -0.3 is 15.0 Å². The number of amides is 2. The molecule has 0 heterocycles. The van der Waals surface area contributed by atoms with Crippen LogP contribution in [-0.2, 0) is 26.2 Å². The van der Waals surface area contributed by atoms with Gasteiger partial charge in [-0.25, -0.2) is 12.8 Å². The molecule has 0 fully saturated rings. The van der Waals surface area contributed by atoms with E-state index in [1.807, 2.05) is 34.6 Å². The summed E-state index contributed by atoms with van der Waals surface area (Å²) in [4.78, 5) is 28.8. The number of halogens is 1. The fraction of sp³-hybridized carbons (Fsp3) is 0.375. The molecule has 1 N–H and O–H groups in total. The van der Waals surface area contributed by atoms with E-state index in [0.29, 0.717) is 23.6 Å². The molecule has 0 aliphatic rings. The first-order valence-electron chi connectivity index (χ1n) is 13.9. The Hall–Kier alpha value is -3.92. The van der Waals surface area contributed by atoms with E-state index in [-0.39, 0.29) is 23.8 Å². The number of sulfonamides is 1. The van der Waals surface area contributed by atoms with Gasteiger partial charge in [0.25, 0.3) is 10.0 Å². The number of rotatable bonds is 12. The third kappa shape index (κ3) is 8.55. The number of ether oxygens (including phenoxy) is 1. The van der Waals surface area contributed by atoms with E-state index in [1.54, 1.807) is 55.5 Å². The number of carbonyl (C=O) groups excluding carboxylic acids is 2. The number of benzene rings is 3. The number of hydrogen-bond acceptors (Lipinski definition) is 5. The SMILES string of the molecule is CCOc1ccc(S(=O)(=O)N(CC(=O)N(Cc2ccc(F)cc2)[C@H](CC)C(=O)NC(C)(C)C)c2ccc(C)cc2)cc1. The minimum atomic E-state index is -4.21. The molecule has 3 aromatic rings. The van der Waals surface area contributed by atoms with E-state index >= 15 is 0 Å². The second-order valence-electron chi connectivity index (χ2n) is 11.1. The second-order valence-corrected chi connectivity index (χ2v) is 12.9. The van der Waals surface area contributed by atoms with Crippen LogP contribution in [0.4, 0.5) is 10.1 Å². The number of nitrogens with zero attached hydrogens (tertiary/aromatic N) is 2. The minimum Gasteiger partial charge on any atom is -0.494 e. The lowest BCUT2D eigenvalue weighted by Crippen LogP contribution is -2.55. The molecule has 226 valence electrons. The van der Waals surface area contributed by atoms with E-state index in [0.717, 1.165) is 9.87 Å². The van der Waals surface area contributed by atoms with E-state index in [4.69, 9.17) is 4.74 Å². The predicted octanol–water partition coefficient (Wildman–Crippen LogP) is 5.45. The summed E-state index contributed by atoms with van der Waals surface area (Å²) in [5, 5.41) is 2.93. The van der Waals surface area contributed by atoms with Crippen molar-refractivity contribution in [2.75, 3.05) is 17.5 Å². The quantitative estimate of drug-likeness (QED) is 0.300. The first-order valence-corrected chi connectivity index (χ1v) is 15.4. The molecule has 0 radical (unpaired) electrons. The van der Waals surface area contributed by atoms with Crippen LogP contribution in [0, 0.1) is 12.7 Å². The van der Waals surface area contributed by atoms with Crippen LogP contribution in [0.1, 0.15) is 52.2 Å². The molecule has 2 amide bonds. The summed E-state index contributed by atoms with van der Waals surface area (Å²) in [5.41, 5.74) is 1.27. The first kappa shape index (κ1) is 32.6. The lowest BCUT2D eigenvalue weighted by Gasteiger charge is -2.34. The Morgan fingerprint density at radius 1 is 0.929 bits per heavy atom. The summed E-state index contributed by atoms with van der Waals surface area (Å²) < 4.78 is 48.1. The van der Waals surface area contributed by atoms with Crippen LogP contribution in [0.2, 0.25) is 0 Å². The first-order chi connectivity index (χ1) is 19.7. The van der Waals surface area contributed by atoms with Gasteiger partial charge in [0, 0.05) is 12.1 Å². The summed E-state index contributed by atoms with van der Waals surface area (Å²) in [6.45, 7) is 10.9. The maximum absolute atomic E-state index is 14.1. The molecular formula is C32H40FN3O5S. The van der Waals surface area contributed by atoms with Gasteiger partial charge in [-0.15, -0.1) is 0 Å². The molecular weight excluding hydrogens is 557 g/mol. The molecule has 3 aromatic carbocycles. The molecule has 10 heteroatoms. The summed E-state index contributed by atoms with van der Waals surface area (Å²) in [6, 6.07) is 17.6. The highest BCUT2D eigenvalue weighted by atomic mass is 32.2. The van der Waals surface area contributed by atoms with Gasteiger partial charge >= 0.3 is 0 Å². The monoisotopic (exact) mass is 597 g/mol. The molecule has 3 rings (SSSR count). The Balaban J connectivity index is 2.05. The maximum atomic E-state index is 14.1. The van der Waals surface area contributed by atoms with Gasteiger partial charge in [-0.1, -0.05) is 36.8 Å². The van der Waals surface area contributed by atoms with Crippen molar-refractivity contribution in [1.29, 1.82) is 0 Å². The van der Waals surface area contributed by atoms with Crippen molar-refractivity contribution in [1.82, 2.24) is 10.2 Å². The minimum absolute atomic E-state index is 0.0121. The average Bonchev–Trinajstić information content (AvgIpc) is 2.92. The van der Waals surface area contributed by atoms with Crippen LogP contribution < -0.4 is 14.4 Å². The molecule has 0 unspecified atom stereocenters. The Labute approximate surface area is 248 Å². The maximum Gasteiger partial charge on any atom is 0.264 e. The van der Waals surface area contributed by atoms with Crippen LogP contribution in [-0.4, -0.2) is 49.9 Å². The van der Waals surface area contributed by atoms with Crippen LogP contribution in [0.3, 0.4) is 0 Å². The predicted molar refractivity (Wildman–Crippen MR) is 162 cm³/mol. The van der Waals surface area contributed by atoms with Gasteiger partial charge in [0.05, 0.1) is 17.2 Å². The van der Waals surface area contributed by atoms with E-state index in [9.17, 15) is 22.4 Å². The Kier molecular flexibility index (Phi) is 10.7. The highest BCUT2D eigenvalue weighted by Crippen LogP contribution is 2.27. The molecule has 0 bridgehead atoms. The molecule has 0 aromatic heterocycles. The molecule has 0 saturated heterocycles. The summed E-state index contributed by atoms with van der Waals surface area (Å²) in [6.07, 6.45) is 0.283. The smallest absolute Gasteiger partial charge is 0.264 e. The third-order valence-electron chi connectivity index (χ3n) is 6.47. The number of nitrogens with one attached hydrogen (secondary N) is 1. The van der Waals surface area contributed by atoms with Crippen molar-refractivity contribution in [3.05, 3.63) is 89.7 Å². The van der Waals surface area contributed by atoms with E-state index in [1.165, 1.54) is 29.2 Å². The average molecular weight is 598 g/mol. The fourth-order valence-corrected chi connectivity index (χ4v) is 5.81. The third-order valence-corrected chi connectivity index (χ3v) is 8.26. The summed E-state index contributed by atoms with van der Waals surface area (Å²) in [5.74, 6) is -0.848. The van der Waals surface area contributed by atoms with Crippen LogP contribution >= 0.6 is 0 Å². The molecule has 42 heavy (non-hydrogen) atoms. The van der Waals surface area contributed by atoms with Gasteiger partial charge in [0.15, 0.2) is 0 Å². The molecule has 8 nitrogen and oxygen atoms in total. The zero-order valence-electron chi connectivity index (χ0n) is 25.1. The van der Waals surface area contributed by atoms with Crippen LogP contribution in [0.15, 0.2) is 77.7 Å². The molecule has 1 atom stereocenters. The zero-order valence-corrected chi connectivity index (χ0v) is 25.9. The fourth-order valence-electron chi connectivity index (χ4n) is 4.40. The molecule has 0 aliphatic heterocycles. The largest absolute Gasteiger partial charge is 0.494 e. The van der Waals surface area contributed by atoms with Gasteiger partial charge in [-0.05, 0) is 95.1 Å². The Morgan fingerprint density at radius 3 is 2.05 bits per heavy atom. The van der Waals surface area contributed by atoms with Crippen molar-refractivity contribution in [2.24, 2.45) is 0 Å². The van der Waals surface area contributed by atoms with Crippen molar-refractivity contribution >= 4 is 27.5 Å². The van der Waals surface area contributed by atoms with Crippen molar-refractivity contribution in [3.63, 3.8) is 0 Å². The normalized spacial score (nSPS) is 12.4. The van der Waals surface area contributed by atoms with Gasteiger partial charge in [-0.2, -0.15) is 0 Å². The van der Waals surface area contributed by atoms with Crippen molar-refractivity contribution in [3.8, 4) is 5.75 Å². The second kappa shape index (κ2) is 13.8. The van der Waals surface area contributed by atoms with Gasteiger partial charge in [0.2, 0.25) is 11.8 Å². The Bertz CT molecular complexity index is 1450. The standard InChI is InChI=1S/C32H40FN3O5S/c1-7-29(31(38)34-32(4,5)6)35(21-24-11-13-25(33)14-12-24)30(37)22-36(26-15-9-23(3)10-16-26)42(39,40)28-19-17-27(18-20-28)41-8-2/h9-20,29H,7-8,21-22H2,1-6H3,(H,34,38)/t29-/m1/s1. The molecule has 0 saturated carbocycles. The summed E-state index contributed by atoms with van der Waals surface area (Å²) in [7, 11) is -4.21. The number of anilines is 1. The van der Waals surface area contributed by atoms with Crippen LogP contribution in [0.25, 0.3) is 0 Å².